The van der Waals surface area contributed by atoms with Crippen molar-refractivity contribution in [3.63, 3.8) is 0 Å². The second-order valence-corrected chi connectivity index (χ2v) is 6.85. The first-order chi connectivity index (χ1) is 9.87. The lowest BCUT2D eigenvalue weighted by Crippen LogP contribution is -2.50. The zero-order valence-electron chi connectivity index (χ0n) is 12.6. The van der Waals surface area contributed by atoms with Crippen molar-refractivity contribution >= 4 is 28.3 Å². The summed E-state index contributed by atoms with van der Waals surface area (Å²) in [7, 11) is -3.63. The number of aryl methyl sites for hydroxylation is 2. The summed E-state index contributed by atoms with van der Waals surface area (Å²) < 4.78 is 31.5. The smallest absolute Gasteiger partial charge is 0.248 e. The Bertz CT molecular complexity index is 604. The van der Waals surface area contributed by atoms with Crippen LogP contribution in [-0.4, -0.2) is 61.4 Å². The maximum absolute atomic E-state index is 12.6. The summed E-state index contributed by atoms with van der Waals surface area (Å²) in [6.45, 7) is 4.77. The van der Waals surface area contributed by atoms with Gasteiger partial charge in [-0.1, -0.05) is 5.16 Å². The van der Waals surface area contributed by atoms with Gasteiger partial charge in [-0.15, -0.1) is 12.4 Å². The van der Waals surface area contributed by atoms with Crippen LogP contribution in [0.2, 0.25) is 0 Å². The van der Waals surface area contributed by atoms with Gasteiger partial charge in [0.15, 0.2) is 5.76 Å². The number of sulfonamides is 1. The predicted octanol–water partition coefficient (Wildman–Crippen LogP) is -0.105. The molecule has 1 aliphatic heterocycles. The van der Waals surface area contributed by atoms with E-state index in [2.05, 4.69) is 5.16 Å². The molecule has 2 heterocycles. The highest BCUT2D eigenvalue weighted by Crippen LogP contribution is 2.24. The van der Waals surface area contributed by atoms with E-state index in [4.69, 9.17) is 10.3 Å². The molecule has 2 rings (SSSR count). The molecule has 1 aromatic rings. The third-order valence-corrected chi connectivity index (χ3v) is 5.66. The highest BCUT2D eigenvalue weighted by atomic mass is 35.5. The molecule has 0 aliphatic carbocycles. The van der Waals surface area contributed by atoms with Gasteiger partial charge in [-0.2, -0.15) is 4.31 Å². The van der Waals surface area contributed by atoms with Crippen LogP contribution >= 0.6 is 12.4 Å². The van der Waals surface area contributed by atoms with Crippen LogP contribution in [-0.2, 0) is 14.8 Å². The first-order valence-corrected chi connectivity index (χ1v) is 8.22. The number of nitrogens with two attached hydrogens (primary N) is 1. The minimum absolute atomic E-state index is 0. The van der Waals surface area contributed by atoms with Crippen LogP contribution in [0.25, 0.3) is 0 Å². The van der Waals surface area contributed by atoms with Crippen LogP contribution < -0.4 is 5.73 Å². The van der Waals surface area contributed by atoms with E-state index >= 15 is 0 Å². The number of aromatic nitrogens is 1. The van der Waals surface area contributed by atoms with Crippen molar-refractivity contribution in [2.75, 3.05) is 32.7 Å². The van der Waals surface area contributed by atoms with Gasteiger partial charge < -0.3 is 15.2 Å². The Morgan fingerprint density at radius 1 is 1.27 bits per heavy atom. The standard InChI is InChI=1S/C12H20N4O4S.ClH/c1-9-12(10(2)20-14-9)21(18,19)16-7-5-15(6-8-16)11(17)3-4-13;/h3-8,13H2,1-2H3;1H. The first-order valence-electron chi connectivity index (χ1n) is 6.78. The first kappa shape index (κ1) is 18.9. The van der Waals surface area contributed by atoms with Gasteiger partial charge >= 0.3 is 0 Å². The monoisotopic (exact) mass is 352 g/mol. The predicted molar refractivity (Wildman–Crippen MR) is 82.2 cm³/mol. The number of hydrogen-bond donors (Lipinski definition) is 1. The van der Waals surface area contributed by atoms with Gasteiger partial charge in [0, 0.05) is 39.1 Å². The number of hydrogen-bond acceptors (Lipinski definition) is 6. The van der Waals surface area contributed by atoms with E-state index in [9.17, 15) is 13.2 Å². The Morgan fingerprint density at radius 3 is 2.32 bits per heavy atom. The molecular weight excluding hydrogens is 332 g/mol. The number of rotatable bonds is 4. The van der Waals surface area contributed by atoms with Crippen LogP contribution in [0.3, 0.4) is 0 Å². The minimum atomic E-state index is -3.63. The van der Waals surface area contributed by atoms with E-state index in [1.807, 2.05) is 0 Å². The SMILES string of the molecule is Cc1noc(C)c1S(=O)(=O)N1CCN(C(=O)CCN)CC1.Cl. The van der Waals surface area contributed by atoms with Gasteiger partial charge in [0.2, 0.25) is 15.9 Å². The Kier molecular flexibility index (Phi) is 6.36. The molecule has 22 heavy (non-hydrogen) atoms. The highest BCUT2D eigenvalue weighted by Gasteiger charge is 2.33. The summed E-state index contributed by atoms with van der Waals surface area (Å²) in [6, 6.07) is 0. The van der Waals surface area contributed by atoms with E-state index < -0.39 is 10.0 Å². The van der Waals surface area contributed by atoms with E-state index in [0.29, 0.717) is 25.3 Å². The second-order valence-electron chi connectivity index (χ2n) is 4.98. The van der Waals surface area contributed by atoms with Gasteiger partial charge in [-0.3, -0.25) is 4.79 Å². The van der Waals surface area contributed by atoms with Gasteiger partial charge in [0.1, 0.15) is 10.6 Å². The zero-order chi connectivity index (χ0) is 15.6. The van der Waals surface area contributed by atoms with Gasteiger partial charge in [-0.25, -0.2) is 8.42 Å². The molecule has 1 fully saturated rings. The molecule has 1 aliphatic rings. The van der Waals surface area contributed by atoms with Crippen LogP contribution in [0.1, 0.15) is 17.9 Å². The molecule has 0 atom stereocenters. The maximum Gasteiger partial charge on any atom is 0.248 e. The number of piperazine rings is 1. The molecule has 0 radical (unpaired) electrons. The Labute approximate surface area is 136 Å². The molecule has 0 aromatic carbocycles. The summed E-state index contributed by atoms with van der Waals surface area (Å²) in [6.07, 6.45) is 0.288. The van der Waals surface area contributed by atoms with Crippen molar-refractivity contribution in [1.29, 1.82) is 0 Å². The largest absolute Gasteiger partial charge is 0.360 e. The summed E-state index contributed by atoms with van der Waals surface area (Å²) in [5, 5.41) is 3.69. The Morgan fingerprint density at radius 2 is 1.86 bits per heavy atom. The molecule has 2 N–H and O–H groups in total. The summed E-state index contributed by atoms with van der Waals surface area (Å²) in [4.78, 5) is 13.5. The van der Waals surface area contributed by atoms with E-state index in [-0.39, 0.29) is 48.5 Å². The lowest BCUT2D eigenvalue weighted by atomic mass is 10.3. The van der Waals surface area contributed by atoms with Crippen molar-refractivity contribution in [2.45, 2.75) is 25.2 Å². The Hall–Kier alpha value is -1.16. The quantitative estimate of drug-likeness (QED) is 0.810. The Balaban J connectivity index is 0.00000242. The highest BCUT2D eigenvalue weighted by molar-refractivity contribution is 7.89. The minimum Gasteiger partial charge on any atom is -0.360 e. The topological polar surface area (TPSA) is 110 Å². The number of nitrogens with zero attached hydrogens (tertiary/aromatic N) is 3. The molecule has 0 saturated carbocycles. The second kappa shape index (κ2) is 7.40. The van der Waals surface area contributed by atoms with E-state index in [1.165, 1.54) is 4.31 Å². The van der Waals surface area contributed by atoms with Gasteiger partial charge in [0.05, 0.1) is 0 Å². The summed E-state index contributed by atoms with van der Waals surface area (Å²) in [5.74, 6) is 0.251. The van der Waals surface area contributed by atoms with Gasteiger partial charge in [0.25, 0.3) is 0 Å². The number of halogens is 1. The molecule has 0 bridgehead atoms. The maximum atomic E-state index is 12.6. The average Bonchev–Trinajstić information content (AvgIpc) is 2.79. The third-order valence-electron chi connectivity index (χ3n) is 3.52. The normalized spacial score (nSPS) is 16.4. The third kappa shape index (κ3) is 3.60. The van der Waals surface area contributed by atoms with Crippen LogP contribution in [0, 0.1) is 13.8 Å². The van der Waals surface area contributed by atoms with Crippen molar-refractivity contribution in [1.82, 2.24) is 14.4 Å². The van der Waals surface area contributed by atoms with Gasteiger partial charge in [-0.05, 0) is 13.8 Å². The fourth-order valence-corrected chi connectivity index (χ4v) is 4.14. The number of carbonyl (C=O) groups is 1. The van der Waals surface area contributed by atoms with Crippen LogP contribution in [0.15, 0.2) is 9.42 Å². The fraction of sp³-hybridized carbons (Fsp3) is 0.667. The zero-order valence-corrected chi connectivity index (χ0v) is 14.2. The fourth-order valence-electron chi connectivity index (χ4n) is 2.43. The lowest BCUT2D eigenvalue weighted by molar-refractivity contribution is -0.132. The number of amides is 1. The molecule has 1 amide bonds. The van der Waals surface area contributed by atoms with Crippen molar-refractivity contribution in [3.05, 3.63) is 11.5 Å². The molecule has 1 saturated heterocycles. The summed E-state index contributed by atoms with van der Waals surface area (Å²) >= 11 is 0. The van der Waals surface area contributed by atoms with Crippen molar-refractivity contribution in [2.24, 2.45) is 5.73 Å². The molecule has 0 spiro atoms. The molecule has 1 aromatic heterocycles. The van der Waals surface area contributed by atoms with E-state index in [0.717, 1.165) is 0 Å². The van der Waals surface area contributed by atoms with Crippen molar-refractivity contribution < 1.29 is 17.7 Å². The number of carbonyl (C=O) groups excluding carboxylic acids is 1. The molecule has 10 heteroatoms. The summed E-state index contributed by atoms with van der Waals surface area (Å²) in [5.41, 5.74) is 5.71. The van der Waals surface area contributed by atoms with Crippen molar-refractivity contribution in [3.8, 4) is 0 Å². The van der Waals surface area contributed by atoms with Crippen LogP contribution in [0.5, 0.6) is 0 Å². The van der Waals surface area contributed by atoms with E-state index in [1.54, 1.807) is 18.7 Å². The molecular formula is C12H21ClN4O4S. The lowest BCUT2D eigenvalue weighted by Gasteiger charge is -2.33. The molecule has 8 nitrogen and oxygen atoms in total. The van der Waals surface area contributed by atoms with Crippen LogP contribution in [0.4, 0.5) is 0 Å². The molecule has 0 unspecified atom stereocenters. The average molecular weight is 353 g/mol. The molecule has 126 valence electrons.